The van der Waals surface area contributed by atoms with Gasteiger partial charge in [-0.1, -0.05) is 45.8 Å². The highest BCUT2D eigenvalue weighted by Gasteiger charge is 2.12. The van der Waals surface area contributed by atoms with E-state index in [-0.39, 0.29) is 4.83 Å². The zero-order valence-electron chi connectivity index (χ0n) is 8.91. The van der Waals surface area contributed by atoms with Gasteiger partial charge in [-0.2, -0.15) is 0 Å². The Morgan fingerprint density at radius 3 is 2.75 bits per heavy atom. The normalized spacial score (nSPS) is 12.7. The molecule has 16 heavy (non-hydrogen) atoms. The molecule has 0 radical (unpaired) electrons. The minimum absolute atomic E-state index is 0.168. The van der Waals surface area contributed by atoms with Crippen LogP contribution in [0.15, 0.2) is 40.8 Å². The van der Waals surface area contributed by atoms with Crippen molar-refractivity contribution in [2.24, 2.45) is 0 Å². The minimum Gasteiger partial charge on any atom is -0.449 e. The van der Waals surface area contributed by atoms with Crippen LogP contribution >= 0.6 is 27.5 Å². The summed E-state index contributed by atoms with van der Waals surface area (Å²) in [6, 6.07) is 12.1. The number of alkyl halides is 1. The predicted octanol–water partition coefficient (Wildman–Crippen LogP) is 4.92. The van der Waals surface area contributed by atoms with Gasteiger partial charge in [-0.3, -0.25) is 0 Å². The molecule has 1 aromatic heterocycles. The first-order valence-electron chi connectivity index (χ1n) is 5.10. The van der Waals surface area contributed by atoms with E-state index in [4.69, 9.17) is 16.0 Å². The van der Waals surface area contributed by atoms with Crippen molar-refractivity contribution in [2.75, 3.05) is 0 Å². The Morgan fingerprint density at radius 2 is 2.12 bits per heavy atom. The van der Waals surface area contributed by atoms with Gasteiger partial charge in [0.1, 0.15) is 5.76 Å². The number of halogens is 2. The van der Waals surface area contributed by atoms with Crippen LogP contribution in [-0.2, 0) is 6.42 Å². The van der Waals surface area contributed by atoms with Crippen molar-refractivity contribution in [2.45, 2.75) is 18.2 Å². The molecular weight excluding hydrogens is 287 g/mol. The van der Waals surface area contributed by atoms with Crippen LogP contribution in [0.5, 0.6) is 0 Å². The average Bonchev–Trinajstić information content (AvgIpc) is 2.65. The van der Waals surface area contributed by atoms with Crippen molar-refractivity contribution < 1.29 is 4.42 Å². The number of furan rings is 1. The molecule has 1 atom stereocenters. The van der Waals surface area contributed by atoms with Crippen LogP contribution in [0, 0.1) is 6.92 Å². The molecule has 3 heteroatoms. The molecule has 0 spiro atoms. The second-order valence-corrected chi connectivity index (χ2v) is 5.28. The maximum Gasteiger partial charge on any atom is 0.193 e. The third kappa shape index (κ3) is 2.89. The SMILES string of the molecule is Cc1cccc(CC(Br)c2ccc(Cl)o2)c1. The maximum atomic E-state index is 5.75. The van der Waals surface area contributed by atoms with Crippen LogP contribution in [0.4, 0.5) is 0 Å². The summed E-state index contributed by atoms with van der Waals surface area (Å²) in [5.74, 6) is 0.867. The number of rotatable bonds is 3. The molecule has 1 heterocycles. The van der Waals surface area contributed by atoms with E-state index >= 15 is 0 Å². The largest absolute Gasteiger partial charge is 0.449 e. The van der Waals surface area contributed by atoms with Crippen molar-refractivity contribution in [3.8, 4) is 0 Å². The predicted molar refractivity (Wildman–Crippen MR) is 70.3 cm³/mol. The summed E-state index contributed by atoms with van der Waals surface area (Å²) in [7, 11) is 0. The smallest absolute Gasteiger partial charge is 0.193 e. The van der Waals surface area contributed by atoms with E-state index in [0.29, 0.717) is 5.22 Å². The average molecular weight is 300 g/mol. The second kappa shape index (κ2) is 5.07. The molecule has 0 aliphatic rings. The third-order valence-electron chi connectivity index (χ3n) is 2.40. The highest BCUT2D eigenvalue weighted by molar-refractivity contribution is 9.09. The number of hydrogen-bond donors (Lipinski definition) is 0. The lowest BCUT2D eigenvalue weighted by molar-refractivity contribution is 0.509. The van der Waals surface area contributed by atoms with E-state index < -0.39 is 0 Å². The van der Waals surface area contributed by atoms with Gasteiger partial charge in [0.15, 0.2) is 5.22 Å². The van der Waals surface area contributed by atoms with Crippen LogP contribution in [0.2, 0.25) is 5.22 Å². The maximum absolute atomic E-state index is 5.75. The number of aryl methyl sites for hydroxylation is 1. The van der Waals surface area contributed by atoms with Gasteiger partial charge in [0.05, 0.1) is 4.83 Å². The number of hydrogen-bond acceptors (Lipinski definition) is 1. The quantitative estimate of drug-likeness (QED) is 0.733. The van der Waals surface area contributed by atoms with Gasteiger partial charge in [0.2, 0.25) is 0 Å². The fraction of sp³-hybridized carbons (Fsp3) is 0.231. The molecule has 1 unspecified atom stereocenters. The van der Waals surface area contributed by atoms with E-state index in [0.717, 1.165) is 12.2 Å². The van der Waals surface area contributed by atoms with E-state index in [9.17, 15) is 0 Å². The first-order valence-corrected chi connectivity index (χ1v) is 6.39. The van der Waals surface area contributed by atoms with Gasteiger partial charge in [-0.05, 0) is 42.6 Å². The molecule has 0 saturated carbocycles. The number of benzene rings is 1. The van der Waals surface area contributed by atoms with Crippen molar-refractivity contribution in [1.82, 2.24) is 0 Å². The van der Waals surface area contributed by atoms with Gasteiger partial charge in [-0.15, -0.1) is 0 Å². The van der Waals surface area contributed by atoms with Crippen LogP contribution in [0.3, 0.4) is 0 Å². The Labute approximate surface area is 109 Å². The van der Waals surface area contributed by atoms with Gasteiger partial charge >= 0.3 is 0 Å². The molecule has 0 aliphatic carbocycles. The van der Waals surface area contributed by atoms with Crippen molar-refractivity contribution in [1.29, 1.82) is 0 Å². The van der Waals surface area contributed by atoms with Gasteiger partial charge in [0, 0.05) is 0 Å². The Bertz CT molecular complexity index is 478. The van der Waals surface area contributed by atoms with E-state index in [2.05, 4.69) is 47.1 Å². The zero-order valence-corrected chi connectivity index (χ0v) is 11.3. The molecule has 1 nitrogen and oxygen atoms in total. The molecule has 0 N–H and O–H groups in total. The fourth-order valence-electron chi connectivity index (χ4n) is 1.64. The molecule has 0 amide bonds. The lowest BCUT2D eigenvalue weighted by Crippen LogP contribution is -1.93. The van der Waals surface area contributed by atoms with E-state index in [1.165, 1.54) is 11.1 Å². The fourth-order valence-corrected chi connectivity index (χ4v) is 2.42. The molecule has 1 aromatic carbocycles. The summed E-state index contributed by atoms with van der Waals surface area (Å²) in [4.78, 5) is 0.168. The monoisotopic (exact) mass is 298 g/mol. The Morgan fingerprint density at radius 1 is 1.31 bits per heavy atom. The third-order valence-corrected chi connectivity index (χ3v) is 3.38. The summed E-state index contributed by atoms with van der Waals surface area (Å²) in [5, 5.41) is 0.434. The topological polar surface area (TPSA) is 13.1 Å². The molecule has 0 aliphatic heterocycles. The zero-order chi connectivity index (χ0) is 11.5. The van der Waals surface area contributed by atoms with Crippen LogP contribution < -0.4 is 0 Å². The van der Waals surface area contributed by atoms with E-state index in [1.54, 1.807) is 6.07 Å². The summed E-state index contributed by atoms with van der Waals surface area (Å²) in [6.07, 6.45) is 0.894. The summed E-state index contributed by atoms with van der Waals surface area (Å²) >= 11 is 9.35. The van der Waals surface area contributed by atoms with Crippen molar-refractivity contribution in [3.05, 3.63) is 58.5 Å². The molecule has 0 saturated heterocycles. The van der Waals surface area contributed by atoms with Crippen LogP contribution in [-0.4, -0.2) is 0 Å². The molecule has 84 valence electrons. The van der Waals surface area contributed by atoms with Gasteiger partial charge in [-0.25, -0.2) is 0 Å². The lowest BCUT2D eigenvalue weighted by Gasteiger charge is -2.07. The first-order chi connectivity index (χ1) is 7.65. The molecule has 0 fully saturated rings. The molecular formula is C13H12BrClO. The summed E-state index contributed by atoms with van der Waals surface area (Å²) < 4.78 is 5.37. The Hall–Kier alpha value is -0.730. The summed E-state index contributed by atoms with van der Waals surface area (Å²) in [6.45, 7) is 2.09. The highest BCUT2D eigenvalue weighted by Crippen LogP contribution is 2.30. The van der Waals surface area contributed by atoms with Gasteiger partial charge < -0.3 is 4.42 Å². The van der Waals surface area contributed by atoms with Crippen molar-refractivity contribution >= 4 is 27.5 Å². The van der Waals surface area contributed by atoms with E-state index in [1.807, 2.05) is 6.07 Å². The van der Waals surface area contributed by atoms with Crippen LogP contribution in [0.1, 0.15) is 21.7 Å². The molecule has 0 bridgehead atoms. The van der Waals surface area contributed by atoms with Gasteiger partial charge in [0.25, 0.3) is 0 Å². The Kier molecular flexibility index (Phi) is 3.72. The second-order valence-electron chi connectivity index (χ2n) is 3.80. The standard InChI is InChI=1S/C13H12BrClO/c1-9-3-2-4-10(7-9)8-11(14)12-5-6-13(15)16-12/h2-7,11H,8H2,1H3. The minimum atomic E-state index is 0.168. The molecule has 2 rings (SSSR count). The summed E-state index contributed by atoms with van der Waals surface area (Å²) in [5.41, 5.74) is 2.56. The van der Waals surface area contributed by atoms with Crippen LogP contribution in [0.25, 0.3) is 0 Å². The Balaban J connectivity index is 2.10. The van der Waals surface area contributed by atoms with Crippen molar-refractivity contribution in [3.63, 3.8) is 0 Å². The highest BCUT2D eigenvalue weighted by atomic mass is 79.9. The lowest BCUT2D eigenvalue weighted by atomic mass is 10.1. The first kappa shape index (κ1) is 11.7. The molecule has 2 aromatic rings.